The molecule has 2 atom stereocenters. The molecule has 2 unspecified atom stereocenters. The zero-order chi connectivity index (χ0) is 28.8. The number of rotatable bonds is 0. The number of aromatic nitrogens is 4. The van der Waals surface area contributed by atoms with Gasteiger partial charge in [0.1, 0.15) is 23.5 Å². The highest BCUT2D eigenvalue weighted by Gasteiger charge is 2.45. The van der Waals surface area contributed by atoms with Crippen molar-refractivity contribution in [3.05, 3.63) is 121 Å². The first-order valence-electron chi connectivity index (χ1n) is 14.4. The zero-order valence-electron chi connectivity index (χ0n) is 23.0. The van der Waals surface area contributed by atoms with Gasteiger partial charge in [0.25, 0.3) is 0 Å². The Bertz CT molecular complexity index is 1950. The van der Waals surface area contributed by atoms with Gasteiger partial charge in [0.15, 0.2) is 34.7 Å². The van der Waals surface area contributed by atoms with Crippen molar-refractivity contribution in [3.8, 4) is 34.4 Å². The molecule has 0 spiro atoms. The Hall–Kier alpha value is -6.16. The largest absolute Gasteiger partial charge is 0.453 e. The fourth-order valence-electron chi connectivity index (χ4n) is 6.58. The predicted molar refractivity (Wildman–Crippen MR) is 167 cm³/mol. The molecule has 0 saturated heterocycles. The van der Waals surface area contributed by atoms with E-state index in [4.69, 9.17) is 19.5 Å². The van der Waals surface area contributed by atoms with Gasteiger partial charge in [0.05, 0.1) is 46.8 Å². The topological polar surface area (TPSA) is 107 Å². The van der Waals surface area contributed by atoms with E-state index in [9.17, 15) is 0 Å². The zero-order valence-corrected chi connectivity index (χ0v) is 23.0. The molecule has 2 aromatic heterocycles. The quantitative estimate of drug-likeness (QED) is 0.194. The SMILES string of the molecule is c1ccc2c(c1)Oc1ccccc1N2C1=NC2c3[nH]cnc3-c3nc[nH]c3C2N=C1N1c2ccccc2Oc2ccccc21. The molecule has 0 saturated carbocycles. The minimum absolute atomic E-state index is 0.368. The maximum absolute atomic E-state index is 6.38. The third-order valence-electron chi connectivity index (χ3n) is 8.46. The summed E-state index contributed by atoms with van der Waals surface area (Å²) in [5.41, 5.74) is 6.81. The van der Waals surface area contributed by atoms with E-state index in [1.54, 1.807) is 12.7 Å². The maximum Gasteiger partial charge on any atom is 0.177 e. The van der Waals surface area contributed by atoms with Crippen molar-refractivity contribution in [2.75, 3.05) is 9.80 Å². The van der Waals surface area contributed by atoms with Crippen LogP contribution in [0.3, 0.4) is 0 Å². The molecule has 10 nitrogen and oxygen atoms in total. The first-order chi connectivity index (χ1) is 21.8. The van der Waals surface area contributed by atoms with Gasteiger partial charge in [-0.05, 0) is 48.5 Å². The summed E-state index contributed by atoms with van der Waals surface area (Å²) in [5, 5.41) is 0. The minimum Gasteiger partial charge on any atom is -0.453 e. The highest BCUT2D eigenvalue weighted by molar-refractivity contribution is 6.53. The number of anilines is 4. The number of amidine groups is 2. The van der Waals surface area contributed by atoms with Crippen LogP contribution >= 0.6 is 0 Å². The van der Waals surface area contributed by atoms with Crippen LogP contribution in [0.25, 0.3) is 11.4 Å². The van der Waals surface area contributed by atoms with Crippen molar-refractivity contribution < 1.29 is 9.47 Å². The molecule has 0 fully saturated rings. The number of ether oxygens (including phenoxy) is 2. The lowest BCUT2D eigenvalue weighted by molar-refractivity contribution is 0.476. The third kappa shape index (κ3) is 3.13. The highest BCUT2D eigenvalue weighted by atomic mass is 16.5. The lowest BCUT2D eigenvalue weighted by atomic mass is 9.91. The van der Waals surface area contributed by atoms with Crippen LogP contribution in [0.5, 0.6) is 23.0 Å². The first kappa shape index (κ1) is 23.4. The van der Waals surface area contributed by atoms with Crippen molar-refractivity contribution in [2.45, 2.75) is 12.1 Å². The van der Waals surface area contributed by atoms with Crippen LogP contribution in [-0.4, -0.2) is 31.6 Å². The summed E-state index contributed by atoms with van der Waals surface area (Å²) < 4.78 is 12.8. The van der Waals surface area contributed by atoms with Gasteiger partial charge in [-0.3, -0.25) is 19.8 Å². The lowest BCUT2D eigenvalue weighted by Gasteiger charge is -2.41. The molecule has 0 bridgehead atoms. The number of H-pyrrole nitrogens is 2. The third-order valence-corrected chi connectivity index (χ3v) is 8.46. The summed E-state index contributed by atoms with van der Waals surface area (Å²) in [6, 6.07) is 31.3. The van der Waals surface area contributed by atoms with Crippen LogP contribution in [0.1, 0.15) is 23.5 Å². The Labute approximate surface area is 251 Å². The summed E-state index contributed by atoms with van der Waals surface area (Å²) in [6.45, 7) is 0. The van der Waals surface area contributed by atoms with Gasteiger partial charge < -0.3 is 19.4 Å². The number of hydrogen-bond donors (Lipinski definition) is 2. The van der Waals surface area contributed by atoms with E-state index in [0.717, 1.165) is 68.5 Å². The fraction of sp³-hybridized carbons (Fsp3) is 0.0588. The standard InChI is InChI=1S/C34H22N8O2/c1-5-13-23-19(9-1)41(20-10-2-6-14-24(20)43-23)33-34(42-21-11-3-7-15-25(21)44-26-16-8-4-12-22(26)42)40-32-30-28(36-18-38-30)27-29(31(32)39-33)37-17-35-27/h1-18,31-32H,(H,35,37)(H,36,38). The second kappa shape index (κ2) is 8.68. The first-order valence-corrected chi connectivity index (χ1v) is 14.4. The van der Waals surface area contributed by atoms with Gasteiger partial charge in [-0.15, -0.1) is 0 Å². The van der Waals surface area contributed by atoms with Crippen LogP contribution in [0.4, 0.5) is 22.7 Å². The summed E-state index contributed by atoms with van der Waals surface area (Å²) in [5.74, 6) is 4.29. The van der Waals surface area contributed by atoms with E-state index in [2.05, 4.69) is 29.7 Å². The molecule has 0 radical (unpaired) electrons. The molecule has 6 aromatic rings. The maximum atomic E-state index is 6.38. The Balaban J connectivity index is 1.27. The molecule has 5 heterocycles. The van der Waals surface area contributed by atoms with E-state index in [-0.39, 0.29) is 12.1 Å². The smallest absolute Gasteiger partial charge is 0.177 e. The second-order valence-corrected chi connectivity index (χ2v) is 10.9. The molecule has 4 aromatic carbocycles. The normalized spacial score (nSPS) is 18.5. The van der Waals surface area contributed by atoms with Crippen molar-refractivity contribution in [2.24, 2.45) is 9.98 Å². The van der Waals surface area contributed by atoms with Gasteiger partial charge in [-0.2, -0.15) is 0 Å². The number of fused-ring (bicyclic) bond motifs is 10. The second-order valence-electron chi connectivity index (χ2n) is 10.9. The number of aromatic amines is 2. The van der Waals surface area contributed by atoms with Gasteiger partial charge >= 0.3 is 0 Å². The van der Waals surface area contributed by atoms with Gasteiger partial charge in [-0.1, -0.05) is 48.5 Å². The average molecular weight is 575 g/mol. The van der Waals surface area contributed by atoms with E-state index in [0.29, 0.717) is 11.7 Å². The average Bonchev–Trinajstić information content (AvgIpc) is 3.76. The highest BCUT2D eigenvalue weighted by Crippen LogP contribution is 2.53. The van der Waals surface area contributed by atoms with Crippen molar-refractivity contribution >= 4 is 34.4 Å². The molecule has 10 heteroatoms. The molecule has 4 aliphatic rings. The van der Waals surface area contributed by atoms with E-state index in [1.807, 2.05) is 97.1 Å². The lowest BCUT2D eigenvalue weighted by Crippen LogP contribution is -2.46. The van der Waals surface area contributed by atoms with E-state index in [1.165, 1.54) is 0 Å². The van der Waals surface area contributed by atoms with Crippen LogP contribution < -0.4 is 19.3 Å². The number of nitrogens with one attached hydrogen (secondary N) is 2. The van der Waals surface area contributed by atoms with Crippen LogP contribution in [0, 0.1) is 0 Å². The molecule has 2 N–H and O–H groups in total. The predicted octanol–water partition coefficient (Wildman–Crippen LogP) is 7.59. The Kier molecular flexibility index (Phi) is 4.62. The van der Waals surface area contributed by atoms with E-state index >= 15 is 0 Å². The number of benzene rings is 4. The van der Waals surface area contributed by atoms with Gasteiger partial charge in [0, 0.05) is 0 Å². The number of imidazole rings is 2. The summed E-state index contributed by atoms with van der Waals surface area (Å²) >= 11 is 0. The minimum atomic E-state index is -0.368. The van der Waals surface area contributed by atoms with Crippen molar-refractivity contribution in [1.82, 2.24) is 19.9 Å². The molecule has 210 valence electrons. The Morgan fingerprint density at radius 3 is 1.18 bits per heavy atom. The van der Waals surface area contributed by atoms with Crippen molar-refractivity contribution in [1.29, 1.82) is 0 Å². The van der Waals surface area contributed by atoms with Crippen LogP contribution in [0.2, 0.25) is 0 Å². The summed E-state index contributed by atoms with van der Waals surface area (Å²) in [7, 11) is 0. The molecular weight excluding hydrogens is 552 g/mol. The Morgan fingerprint density at radius 1 is 0.477 bits per heavy atom. The van der Waals surface area contributed by atoms with Crippen LogP contribution in [-0.2, 0) is 0 Å². The molecule has 10 rings (SSSR count). The molecule has 44 heavy (non-hydrogen) atoms. The number of hydrogen-bond acceptors (Lipinski definition) is 8. The summed E-state index contributed by atoms with van der Waals surface area (Å²) in [4.78, 5) is 31.4. The number of aliphatic imine (C=N–C) groups is 2. The summed E-state index contributed by atoms with van der Waals surface area (Å²) in [6.07, 6.45) is 3.40. The molecular formula is C34H22N8O2. The number of para-hydroxylation sites is 8. The molecule has 0 amide bonds. The monoisotopic (exact) mass is 574 g/mol. The van der Waals surface area contributed by atoms with Gasteiger partial charge in [0.2, 0.25) is 0 Å². The van der Waals surface area contributed by atoms with Crippen LogP contribution in [0.15, 0.2) is 120 Å². The molecule has 3 aliphatic heterocycles. The van der Waals surface area contributed by atoms with E-state index < -0.39 is 0 Å². The number of nitrogens with zero attached hydrogens (tertiary/aromatic N) is 6. The fourth-order valence-corrected chi connectivity index (χ4v) is 6.58. The van der Waals surface area contributed by atoms with Crippen molar-refractivity contribution in [3.63, 3.8) is 0 Å². The molecule has 1 aliphatic carbocycles. The Morgan fingerprint density at radius 2 is 0.818 bits per heavy atom. The van der Waals surface area contributed by atoms with Gasteiger partial charge in [-0.25, -0.2) is 9.97 Å².